The summed E-state index contributed by atoms with van der Waals surface area (Å²) in [6.07, 6.45) is -4.60. The van der Waals surface area contributed by atoms with Crippen LogP contribution in [0, 0.1) is 0 Å². The van der Waals surface area contributed by atoms with Gasteiger partial charge in [-0.2, -0.15) is 10.2 Å². The van der Waals surface area contributed by atoms with Crippen molar-refractivity contribution in [3.63, 3.8) is 0 Å². The lowest BCUT2D eigenvalue weighted by Crippen LogP contribution is -2.09. The van der Waals surface area contributed by atoms with Crippen LogP contribution in [0.2, 0.25) is 5.02 Å². The minimum atomic E-state index is -3.07. The number of nitrogens with zero attached hydrogens (tertiary/aromatic N) is 3. The standard InChI is InChI=1S/C20H17ClF4N4O/c1-30-15-8-7-12(10-26-27-14-5-3-2-4-6-14)9-13(15)11-29-18(20(24)25)16(21)17(28-29)19(22)23/h2-10,19-20,27H,11H2,1H3. The van der Waals surface area contributed by atoms with Crippen molar-refractivity contribution in [2.75, 3.05) is 12.5 Å². The van der Waals surface area contributed by atoms with Crippen LogP contribution in [0.4, 0.5) is 23.2 Å². The number of alkyl halides is 4. The Morgan fingerprint density at radius 3 is 2.50 bits per heavy atom. The molecule has 0 radical (unpaired) electrons. The van der Waals surface area contributed by atoms with Crippen LogP contribution < -0.4 is 10.2 Å². The van der Waals surface area contributed by atoms with Crippen molar-refractivity contribution < 1.29 is 22.3 Å². The molecule has 3 rings (SSSR count). The largest absolute Gasteiger partial charge is 0.496 e. The fraction of sp³-hybridized carbons (Fsp3) is 0.200. The van der Waals surface area contributed by atoms with Crippen LogP contribution in [0.5, 0.6) is 5.75 Å². The van der Waals surface area contributed by atoms with Crippen molar-refractivity contribution in [2.24, 2.45) is 5.10 Å². The molecule has 2 aromatic carbocycles. The van der Waals surface area contributed by atoms with Gasteiger partial charge in [0.1, 0.15) is 17.1 Å². The van der Waals surface area contributed by atoms with E-state index in [0.29, 0.717) is 16.9 Å². The number of halogens is 5. The van der Waals surface area contributed by atoms with E-state index in [4.69, 9.17) is 16.3 Å². The molecule has 0 aliphatic heterocycles. The zero-order valence-electron chi connectivity index (χ0n) is 15.7. The average Bonchev–Trinajstić information content (AvgIpc) is 3.05. The SMILES string of the molecule is COc1ccc(C=NNc2ccccc2)cc1Cn1nc(C(F)F)c(Cl)c1C(F)F. The van der Waals surface area contributed by atoms with Crippen molar-refractivity contribution in [2.45, 2.75) is 19.4 Å². The van der Waals surface area contributed by atoms with Gasteiger partial charge in [-0.05, 0) is 35.9 Å². The van der Waals surface area contributed by atoms with Gasteiger partial charge >= 0.3 is 0 Å². The summed E-state index contributed by atoms with van der Waals surface area (Å²) in [5.74, 6) is 0.383. The maximum atomic E-state index is 13.4. The van der Waals surface area contributed by atoms with E-state index in [1.165, 1.54) is 13.3 Å². The van der Waals surface area contributed by atoms with Gasteiger partial charge in [0.15, 0.2) is 0 Å². The van der Waals surface area contributed by atoms with Crippen molar-refractivity contribution in [1.29, 1.82) is 0 Å². The van der Waals surface area contributed by atoms with Gasteiger partial charge in [0.05, 0.1) is 30.6 Å². The Kier molecular flexibility index (Phi) is 6.94. The molecule has 158 valence electrons. The molecule has 10 heteroatoms. The maximum Gasteiger partial charge on any atom is 0.283 e. The number of methoxy groups -OCH3 is 1. The van der Waals surface area contributed by atoms with Gasteiger partial charge in [-0.1, -0.05) is 29.8 Å². The van der Waals surface area contributed by atoms with Gasteiger partial charge in [-0.3, -0.25) is 10.1 Å². The first-order valence-corrected chi connectivity index (χ1v) is 9.12. The van der Waals surface area contributed by atoms with Gasteiger partial charge in [-0.25, -0.2) is 17.6 Å². The van der Waals surface area contributed by atoms with Crippen LogP contribution in [0.25, 0.3) is 0 Å². The Balaban J connectivity index is 1.89. The molecule has 0 bridgehead atoms. The van der Waals surface area contributed by atoms with E-state index >= 15 is 0 Å². The van der Waals surface area contributed by atoms with Gasteiger partial charge in [0, 0.05) is 5.56 Å². The molecular formula is C20H17ClF4N4O. The van der Waals surface area contributed by atoms with Crippen LogP contribution in [-0.4, -0.2) is 23.1 Å². The minimum absolute atomic E-state index is 0.233. The van der Waals surface area contributed by atoms with E-state index in [1.807, 2.05) is 30.3 Å². The number of anilines is 1. The van der Waals surface area contributed by atoms with Crippen molar-refractivity contribution >= 4 is 23.5 Å². The van der Waals surface area contributed by atoms with E-state index < -0.39 is 29.3 Å². The lowest BCUT2D eigenvalue weighted by atomic mass is 10.1. The van der Waals surface area contributed by atoms with Gasteiger partial charge in [0.2, 0.25) is 0 Å². The Morgan fingerprint density at radius 1 is 1.13 bits per heavy atom. The smallest absolute Gasteiger partial charge is 0.283 e. The second-order valence-electron chi connectivity index (χ2n) is 6.15. The van der Waals surface area contributed by atoms with Crippen molar-refractivity contribution in [3.05, 3.63) is 76.1 Å². The maximum absolute atomic E-state index is 13.4. The molecule has 30 heavy (non-hydrogen) atoms. The third-order valence-electron chi connectivity index (χ3n) is 4.18. The quantitative estimate of drug-likeness (QED) is 0.269. The molecule has 0 aliphatic rings. The van der Waals surface area contributed by atoms with Crippen LogP contribution >= 0.6 is 11.6 Å². The first kappa shape index (κ1) is 21.6. The molecule has 1 aromatic heterocycles. The Morgan fingerprint density at radius 2 is 1.87 bits per heavy atom. The van der Waals surface area contributed by atoms with Crippen molar-refractivity contribution in [3.8, 4) is 5.75 Å². The summed E-state index contributed by atoms with van der Waals surface area (Å²) in [4.78, 5) is 0. The Bertz CT molecular complexity index is 1030. The molecule has 0 spiro atoms. The predicted octanol–water partition coefficient (Wildman–Crippen LogP) is 5.91. The lowest BCUT2D eigenvalue weighted by Gasteiger charge is -2.12. The molecular weight excluding hydrogens is 424 g/mol. The number of aromatic nitrogens is 2. The minimum Gasteiger partial charge on any atom is -0.496 e. The van der Waals surface area contributed by atoms with Gasteiger partial charge < -0.3 is 4.74 Å². The number of para-hydroxylation sites is 1. The second kappa shape index (κ2) is 9.62. The monoisotopic (exact) mass is 440 g/mol. The van der Waals surface area contributed by atoms with E-state index in [-0.39, 0.29) is 6.54 Å². The number of hydrazone groups is 1. The normalized spacial score (nSPS) is 11.6. The molecule has 0 fully saturated rings. The summed E-state index contributed by atoms with van der Waals surface area (Å²) in [7, 11) is 1.41. The first-order valence-electron chi connectivity index (χ1n) is 8.74. The Labute approximate surface area is 174 Å². The number of ether oxygens (including phenoxy) is 1. The highest BCUT2D eigenvalue weighted by atomic mass is 35.5. The first-order chi connectivity index (χ1) is 14.4. The molecule has 0 atom stereocenters. The lowest BCUT2D eigenvalue weighted by molar-refractivity contribution is 0.139. The topological polar surface area (TPSA) is 51.4 Å². The Hall–Kier alpha value is -3.07. The highest BCUT2D eigenvalue weighted by Crippen LogP contribution is 2.35. The molecule has 0 aliphatic carbocycles. The molecule has 1 N–H and O–H groups in total. The molecule has 5 nitrogen and oxygen atoms in total. The summed E-state index contributed by atoms with van der Waals surface area (Å²) in [6, 6.07) is 14.2. The number of rotatable bonds is 8. The summed E-state index contributed by atoms with van der Waals surface area (Å²) in [6.45, 7) is -0.233. The summed E-state index contributed by atoms with van der Waals surface area (Å²) in [5.41, 5.74) is 3.09. The van der Waals surface area contributed by atoms with Crippen LogP contribution in [-0.2, 0) is 6.54 Å². The molecule has 0 unspecified atom stereocenters. The second-order valence-corrected chi connectivity index (χ2v) is 6.53. The van der Waals surface area contributed by atoms with Crippen molar-refractivity contribution in [1.82, 2.24) is 9.78 Å². The van der Waals surface area contributed by atoms with E-state index in [9.17, 15) is 17.6 Å². The predicted molar refractivity (Wildman–Crippen MR) is 107 cm³/mol. The molecule has 0 amide bonds. The highest BCUT2D eigenvalue weighted by molar-refractivity contribution is 6.32. The van der Waals surface area contributed by atoms with E-state index in [1.54, 1.807) is 18.2 Å². The van der Waals surface area contributed by atoms with Gasteiger partial charge in [0.25, 0.3) is 12.9 Å². The molecule has 1 heterocycles. The summed E-state index contributed by atoms with van der Waals surface area (Å²) in [5, 5.41) is 6.98. The van der Waals surface area contributed by atoms with Crippen LogP contribution in [0.15, 0.2) is 53.6 Å². The highest BCUT2D eigenvalue weighted by Gasteiger charge is 2.28. The number of nitrogens with one attached hydrogen (secondary N) is 1. The fourth-order valence-corrected chi connectivity index (χ4v) is 3.10. The van der Waals surface area contributed by atoms with Crippen LogP contribution in [0.1, 0.15) is 35.4 Å². The summed E-state index contributed by atoms with van der Waals surface area (Å²) < 4.78 is 59.0. The van der Waals surface area contributed by atoms with E-state index in [0.717, 1.165) is 10.4 Å². The average molecular weight is 441 g/mol. The third kappa shape index (κ3) is 4.91. The number of benzene rings is 2. The fourth-order valence-electron chi connectivity index (χ4n) is 2.80. The third-order valence-corrected chi connectivity index (χ3v) is 4.56. The summed E-state index contributed by atoms with van der Waals surface area (Å²) >= 11 is 5.71. The molecule has 3 aromatic rings. The zero-order valence-corrected chi connectivity index (χ0v) is 16.5. The number of hydrogen-bond donors (Lipinski definition) is 1. The van der Waals surface area contributed by atoms with Gasteiger partial charge in [-0.15, -0.1) is 0 Å². The van der Waals surface area contributed by atoms with E-state index in [2.05, 4.69) is 15.6 Å². The number of hydrogen-bond acceptors (Lipinski definition) is 4. The molecule has 0 saturated heterocycles. The van der Waals surface area contributed by atoms with Crippen LogP contribution in [0.3, 0.4) is 0 Å². The molecule has 0 saturated carbocycles. The zero-order chi connectivity index (χ0) is 21.7.